The average Bonchev–Trinajstić information content (AvgIpc) is 2.28. The third-order valence-electron chi connectivity index (χ3n) is 2.96. The minimum absolute atomic E-state index is 0.244. The van der Waals surface area contributed by atoms with E-state index in [2.05, 4.69) is 23.7 Å². The van der Waals surface area contributed by atoms with Crippen LogP contribution in [0.4, 0.5) is 0 Å². The topological polar surface area (TPSA) is 53.4 Å². The van der Waals surface area contributed by atoms with Crippen LogP contribution >= 0.6 is 11.8 Å². The number of hydrogen-bond donors (Lipinski definition) is 1. The summed E-state index contributed by atoms with van der Waals surface area (Å²) >= 11 is 2.00. The van der Waals surface area contributed by atoms with Crippen LogP contribution < -0.4 is 0 Å². The summed E-state index contributed by atoms with van der Waals surface area (Å²) in [6.07, 6.45) is 1.43. The Kier molecular flexibility index (Phi) is 3.92. The van der Waals surface area contributed by atoms with Crippen LogP contribution in [0.25, 0.3) is 0 Å². The number of thioether (sulfide) groups is 1. The zero-order valence-electron chi connectivity index (χ0n) is 10.7. The Morgan fingerprint density at radius 3 is 2.89 bits per heavy atom. The molecule has 1 fully saturated rings. The van der Waals surface area contributed by atoms with Gasteiger partial charge in [-0.1, -0.05) is 0 Å². The molecule has 0 spiro atoms. The largest absolute Gasteiger partial charge is 0.478 e. The second kappa shape index (κ2) is 5.28. The van der Waals surface area contributed by atoms with Gasteiger partial charge in [-0.25, -0.2) is 4.79 Å². The van der Waals surface area contributed by atoms with Crippen molar-refractivity contribution in [3.63, 3.8) is 0 Å². The minimum atomic E-state index is -0.926. The highest BCUT2D eigenvalue weighted by atomic mass is 32.2. The van der Waals surface area contributed by atoms with Gasteiger partial charge < -0.3 is 5.11 Å². The molecule has 1 N–H and O–H groups in total. The van der Waals surface area contributed by atoms with E-state index in [-0.39, 0.29) is 5.56 Å². The van der Waals surface area contributed by atoms with Crippen LogP contribution in [0.1, 0.15) is 29.9 Å². The zero-order valence-corrected chi connectivity index (χ0v) is 11.5. The van der Waals surface area contributed by atoms with Gasteiger partial charge in [-0.3, -0.25) is 9.88 Å². The number of carboxylic acids is 1. The maximum atomic E-state index is 10.7. The lowest BCUT2D eigenvalue weighted by Crippen LogP contribution is -2.42. The molecule has 0 unspecified atom stereocenters. The summed E-state index contributed by atoms with van der Waals surface area (Å²) < 4.78 is 0.291. The van der Waals surface area contributed by atoms with Gasteiger partial charge in [0.1, 0.15) is 0 Å². The van der Waals surface area contributed by atoms with Gasteiger partial charge in [0.15, 0.2) is 0 Å². The van der Waals surface area contributed by atoms with Crippen LogP contribution in [0.15, 0.2) is 18.3 Å². The van der Waals surface area contributed by atoms with Crippen LogP contribution in [0.5, 0.6) is 0 Å². The lowest BCUT2D eigenvalue weighted by molar-refractivity contribution is 0.0696. The number of aromatic nitrogens is 1. The molecule has 1 aromatic heterocycles. The first-order valence-corrected chi connectivity index (χ1v) is 6.99. The van der Waals surface area contributed by atoms with Gasteiger partial charge in [0.2, 0.25) is 0 Å². The van der Waals surface area contributed by atoms with Crippen LogP contribution in [0, 0.1) is 0 Å². The number of rotatable bonds is 3. The highest BCUT2D eigenvalue weighted by molar-refractivity contribution is 8.00. The number of carbonyl (C=O) groups is 1. The summed E-state index contributed by atoms with van der Waals surface area (Å²) in [5, 5.41) is 8.81. The van der Waals surface area contributed by atoms with Crippen molar-refractivity contribution >= 4 is 17.7 Å². The van der Waals surface area contributed by atoms with Crippen molar-refractivity contribution in [2.75, 3.05) is 18.8 Å². The molecule has 0 aliphatic carbocycles. The Morgan fingerprint density at radius 1 is 1.56 bits per heavy atom. The SMILES string of the molecule is CC1(C)CN(Cc2ccc(C(=O)O)cn2)CCS1. The van der Waals surface area contributed by atoms with Crippen molar-refractivity contribution in [2.24, 2.45) is 0 Å². The van der Waals surface area contributed by atoms with Gasteiger partial charge in [-0.05, 0) is 26.0 Å². The summed E-state index contributed by atoms with van der Waals surface area (Å²) in [6.45, 7) is 7.41. The molecule has 1 aromatic rings. The van der Waals surface area contributed by atoms with Crippen molar-refractivity contribution in [3.8, 4) is 0 Å². The van der Waals surface area contributed by atoms with E-state index >= 15 is 0 Å². The van der Waals surface area contributed by atoms with Crippen molar-refractivity contribution in [1.82, 2.24) is 9.88 Å². The number of aromatic carboxylic acids is 1. The van der Waals surface area contributed by atoms with Crippen molar-refractivity contribution < 1.29 is 9.90 Å². The van der Waals surface area contributed by atoms with E-state index in [1.54, 1.807) is 12.1 Å². The normalized spacial score (nSPS) is 19.7. The molecule has 1 aliphatic heterocycles. The molecule has 1 aliphatic rings. The van der Waals surface area contributed by atoms with E-state index in [1.165, 1.54) is 6.20 Å². The third kappa shape index (κ3) is 3.46. The molecule has 2 heterocycles. The van der Waals surface area contributed by atoms with Crippen molar-refractivity contribution in [3.05, 3.63) is 29.6 Å². The highest BCUT2D eigenvalue weighted by Crippen LogP contribution is 2.29. The van der Waals surface area contributed by atoms with E-state index in [1.807, 2.05) is 11.8 Å². The van der Waals surface area contributed by atoms with Gasteiger partial charge in [-0.15, -0.1) is 0 Å². The molecule has 5 heteroatoms. The van der Waals surface area contributed by atoms with Crippen molar-refractivity contribution in [1.29, 1.82) is 0 Å². The molecule has 4 nitrogen and oxygen atoms in total. The van der Waals surface area contributed by atoms with E-state index in [4.69, 9.17) is 5.11 Å². The molecule has 1 saturated heterocycles. The fourth-order valence-electron chi connectivity index (χ4n) is 2.12. The zero-order chi connectivity index (χ0) is 13.2. The van der Waals surface area contributed by atoms with Crippen molar-refractivity contribution in [2.45, 2.75) is 25.1 Å². The fraction of sp³-hybridized carbons (Fsp3) is 0.538. The van der Waals surface area contributed by atoms with Gasteiger partial charge in [0.05, 0.1) is 11.3 Å². The van der Waals surface area contributed by atoms with E-state index < -0.39 is 5.97 Å². The molecule has 0 bridgehead atoms. The van der Waals surface area contributed by atoms with Gasteiger partial charge >= 0.3 is 5.97 Å². The first kappa shape index (κ1) is 13.4. The Balaban J connectivity index is 1.99. The monoisotopic (exact) mass is 266 g/mol. The third-order valence-corrected chi connectivity index (χ3v) is 4.26. The summed E-state index contributed by atoms with van der Waals surface area (Å²) in [5.74, 6) is 0.213. The quantitative estimate of drug-likeness (QED) is 0.908. The first-order chi connectivity index (χ1) is 8.46. The van der Waals surface area contributed by atoms with Crippen LogP contribution in [-0.4, -0.2) is 44.5 Å². The Morgan fingerprint density at radius 2 is 2.33 bits per heavy atom. The van der Waals surface area contributed by atoms with Crippen LogP contribution in [0.3, 0.4) is 0 Å². The molecule has 18 heavy (non-hydrogen) atoms. The van der Waals surface area contributed by atoms with Gasteiger partial charge in [0.25, 0.3) is 0 Å². The smallest absolute Gasteiger partial charge is 0.337 e. The predicted molar refractivity (Wildman–Crippen MR) is 73.0 cm³/mol. The Hall–Kier alpha value is -1.07. The number of pyridine rings is 1. The van der Waals surface area contributed by atoms with Crippen LogP contribution in [0.2, 0.25) is 0 Å². The molecule has 0 amide bonds. The van der Waals surface area contributed by atoms with Gasteiger partial charge in [0, 0.05) is 36.3 Å². The van der Waals surface area contributed by atoms with Gasteiger partial charge in [-0.2, -0.15) is 11.8 Å². The highest BCUT2D eigenvalue weighted by Gasteiger charge is 2.26. The Labute approximate surface area is 111 Å². The predicted octanol–water partition coefficient (Wildman–Crippen LogP) is 2.11. The molecule has 0 radical (unpaired) electrons. The molecule has 2 rings (SSSR count). The number of carboxylic acid groups (broad SMARTS) is 1. The van der Waals surface area contributed by atoms with E-state index in [0.717, 1.165) is 31.1 Å². The average molecular weight is 266 g/mol. The fourth-order valence-corrected chi connectivity index (χ4v) is 3.30. The van der Waals surface area contributed by atoms with E-state index in [0.29, 0.717) is 4.75 Å². The van der Waals surface area contributed by atoms with Crippen LogP contribution in [-0.2, 0) is 6.54 Å². The molecular weight excluding hydrogens is 248 g/mol. The lowest BCUT2D eigenvalue weighted by atomic mass is 10.1. The minimum Gasteiger partial charge on any atom is -0.478 e. The number of nitrogens with zero attached hydrogens (tertiary/aromatic N) is 2. The summed E-state index contributed by atoms with van der Waals surface area (Å²) in [4.78, 5) is 17.3. The molecule has 98 valence electrons. The maximum absolute atomic E-state index is 10.7. The molecule has 0 atom stereocenters. The second-order valence-electron chi connectivity index (χ2n) is 5.16. The first-order valence-electron chi connectivity index (χ1n) is 6.01. The summed E-state index contributed by atoms with van der Waals surface area (Å²) in [5.41, 5.74) is 1.18. The standard InChI is InChI=1S/C13H18N2O2S/c1-13(2)9-15(5-6-18-13)8-11-4-3-10(7-14-11)12(16)17/h3-4,7H,5-6,8-9H2,1-2H3,(H,16,17). The molecule has 0 saturated carbocycles. The van der Waals surface area contributed by atoms with E-state index in [9.17, 15) is 4.79 Å². The Bertz CT molecular complexity index is 431. The summed E-state index contributed by atoms with van der Waals surface area (Å²) in [6, 6.07) is 3.42. The molecule has 0 aromatic carbocycles. The maximum Gasteiger partial charge on any atom is 0.337 e. The number of hydrogen-bond acceptors (Lipinski definition) is 4. The summed E-state index contributed by atoms with van der Waals surface area (Å²) in [7, 11) is 0. The lowest BCUT2D eigenvalue weighted by Gasteiger charge is -2.37. The second-order valence-corrected chi connectivity index (χ2v) is 6.96. The molecular formula is C13H18N2O2S.